The molecule has 0 saturated heterocycles. The summed E-state index contributed by atoms with van der Waals surface area (Å²) in [7, 11) is 1.54. The van der Waals surface area contributed by atoms with Gasteiger partial charge in [-0.3, -0.25) is 0 Å². The molecule has 2 aromatic carbocycles. The van der Waals surface area contributed by atoms with Gasteiger partial charge < -0.3 is 15.2 Å². The fourth-order valence-corrected chi connectivity index (χ4v) is 1.68. The quantitative estimate of drug-likeness (QED) is 0.869. The summed E-state index contributed by atoms with van der Waals surface area (Å²) >= 11 is 5.89. The van der Waals surface area contributed by atoms with Gasteiger partial charge in [0.25, 0.3) is 0 Å². The van der Waals surface area contributed by atoms with Crippen molar-refractivity contribution in [1.29, 1.82) is 5.26 Å². The fourth-order valence-electron chi connectivity index (χ4n) is 1.52. The molecule has 19 heavy (non-hydrogen) atoms. The fraction of sp³-hybridized carbons (Fsp3) is 0.0714. The number of nitrogens with zero attached hydrogens (tertiary/aromatic N) is 1. The molecule has 0 heterocycles. The van der Waals surface area contributed by atoms with E-state index < -0.39 is 0 Å². The van der Waals surface area contributed by atoms with Crippen molar-refractivity contribution in [3.05, 3.63) is 47.0 Å². The number of nitrogens with two attached hydrogens (primary N) is 1. The van der Waals surface area contributed by atoms with E-state index in [9.17, 15) is 0 Å². The monoisotopic (exact) mass is 274 g/mol. The van der Waals surface area contributed by atoms with Crippen LogP contribution in [0.1, 0.15) is 5.56 Å². The Morgan fingerprint density at radius 2 is 1.95 bits per heavy atom. The Morgan fingerprint density at radius 1 is 1.16 bits per heavy atom. The molecule has 0 saturated carbocycles. The minimum Gasteiger partial charge on any atom is -0.497 e. The number of rotatable bonds is 3. The predicted molar refractivity (Wildman–Crippen MR) is 73.6 cm³/mol. The standard InChI is InChI=1S/C14H11ClN2O2/c1-18-11-4-2-9(8-16)13(7-11)19-14-6-10(15)3-5-12(14)17/h2-7H,17H2,1H3. The summed E-state index contributed by atoms with van der Waals surface area (Å²) in [6.07, 6.45) is 0. The van der Waals surface area contributed by atoms with Crippen molar-refractivity contribution >= 4 is 17.3 Å². The van der Waals surface area contributed by atoms with Gasteiger partial charge in [0, 0.05) is 17.2 Å². The van der Waals surface area contributed by atoms with E-state index in [1.54, 1.807) is 43.5 Å². The average Bonchev–Trinajstić information content (AvgIpc) is 2.42. The largest absolute Gasteiger partial charge is 0.497 e. The van der Waals surface area contributed by atoms with Gasteiger partial charge in [-0.15, -0.1) is 0 Å². The highest BCUT2D eigenvalue weighted by Crippen LogP contribution is 2.33. The lowest BCUT2D eigenvalue weighted by molar-refractivity contribution is 0.409. The molecule has 0 bridgehead atoms. The van der Waals surface area contributed by atoms with E-state index in [4.69, 9.17) is 32.1 Å². The number of ether oxygens (including phenoxy) is 2. The zero-order chi connectivity index (χ0) is 13.8. The zero-order valence-electron chi connectivity index (χ0n) is 10.2. The highest BCUT2D eigenvalue weighted by Gasteiger charge is 2.09. The second kappa shape index (κ2) is 5.51. The highest BCUT2D eigenvalue weighted by atomic mass is 35.5. The summed E-state index contributed by atoms with van der Waals surface area (Å²) in [6, 6.07) is 11.9. The second-order valence-electron chi connectivity index (χ2n) is 3.76. The first-order valence-electron chi connectivity index (χ1n) is 5.45. The maximum atomic E-state index is 9.06. The number of hydrogen-bond acceptors (Lipinski definition) is 4. The van der Waals surface area contributed by atoms with Gasteiger partial charge in [0.15, 0.2) is 5.75 Å². The first-order valence-corrected chi connectivity index (χ1v) is 5.83. The molecule has 5 heteroatoms. The van der Waals surface area contributed by atoms with Crippen molar-refractivity contribution in [2.45, 2.75) is 0 Å². The third-order valence-corrected chi connectivity index (χ3v) is 2.74. The Morgan fingerprint density at radius 3 is 2.63 bits per heavy atom. The van der Waals surface area contributed by atoms with Crippen LogP contribution in [0.5, 0.6) is 17.2 Å². The maximum Gasteiger partial charge on any atom is 0.151 e. The number of nitriles is 1. The first-order chi connectivity index (χ1) is 9.13. The van der Waals surface area contributed by atoms with Crippen LogP contribution in [0.25, 0.3) is 0 Å². The summed E-state index contributed by atoms with van der Waals surface area (Å²) in [6.45, 7) is 0. The Balaban J connectivity index is 2.42. The SMILES string of the molecule is COc1ccc(C#N)c(Oc2cc(Cl)ccc2N)c1. The van der Waals surface area contributed by atoms with Crippen molar-refractivity contribution in [2.24, 2.45) is 0 Å². The molecule has 0 aliphatic rings. The van der Waals surface area contributed by atoms with Gasteiger partial charge in [0.1, 0.15) is 17.6 Å². The molecule has 0 aliphatic carbocycles. The normalized spacial score (nSPS) is 9.74. The second-order valence-corrected chi connectivity index (χ2v) is 4.19. The van der Waals surface area contributed by atoms with Gasteiger partial charge in [-0.25, -0.2) is 0 Å². The minimum atomic E-state index is 0.371. The molecule has 2 rings (SSSR count). The van der Waals surface area contributed by atoms with E-state index >= 15 is 0 Å². The Labute approximate surface area is 115 Å². The van der Waals surface area contributed by atoms with Gasteiger partial charge in [-0.2, -0.15) is 5.26 Å². The predicted octanol–water partition coefficient (Wildman–Crippen LogP) is 3.59. The van der Waals surface area contributed by atoms with Crippen LogP contribution in [-0.4, -0.2) is 7.11 Å². The Kier molecular flexibility index (Phi) is 3.79. The van der Waals surface area contributed by atoms with Gasteiger partial charge in [-0.05, 0) is 24.3 Å². The number of benzene rings is 2. The van der Waals surface area contributed by atoms with E-state index in [1.807, 2.05) is 6.07 Å². The van der Waals surface area contributed by atoms with E-state index in [2.05, 4.69) is 0 Å². The Hall–Kier alpha value is -2.38. The number of hydrogen-bond donors (Lipinski definition) is 1. The van der Waals surface area contributed by atoms with Gasteiger partial charge in [-0.1, -0.05) is 11.6 Å². The number of anilines is 1. The average molecular weight is 275 g/mol. The van der Waals surface area contributed by atoms with Crippen LogP contribution in [0, 0.1) is 11.3 Å². The molecule has 96 valence electrons. The van der Waals surface area contributed by atoms with Crippen molar-refractivity contribution in [2.75, 3.05) is 12.8 Å². The van der Waals surface area contributed by atoms with Crippen LogP contribution in [-0.2, 0) is 0 Å². The molecule has 0 amide bonds. The van der Waals surface area contributed by atoms with E-state index in [0.717, 1.165) is 0 Å². The third-order valence-electron chi connectivity index (χ3n) is 2.50. The summed E-state index contributed by atoms with van der Waals surface area (Å²) in [5, 5.41) is 9.56. The van der Waals surface area contributed by atoms with Crippen molar-refractivity contribution in [1.82, 2.24) is 0 Å². The molecule has 0 fully saturated rings. The maximum absolute atomic E-state index is 9.06. The number of methoxy groups -OCH3 is 1. The summed E-state index contributed by atoms with van der Waals surface area (Å²) in [5.41, 5.74) is 6.63. The van der Waals surface area contributed by atoms with E-state index in [-0.39, 0.29) is 0 Å². The highest BCUT2D eigenvalue weighted by molar-refractivity contribution is 6.30. The van der Waals surface area contributed by atoms with Gasteiger partial charge in [0.2, 0.25) is 0 Å². The first kappa shape index (κ1) is 13.1. The van der Waals surface area contributed by atoms with Crippen molar-refractivity contribution in [3.63, 3.8) is 0 Å². The van der Waals surface area contributed by atoms with E-state index in [1.165, 1.54) is 0 Å². The third kappa shape index (κ3) is 2.90. The molecular formula is C14H11ClN2O2. The van der Waals surface area contributed by atoms with Crippen LogP contribution in [0.2, 0.25) is 5.02 Å². The lowest BCUT2D eigenvalue weighted by atomic mass is 10.2. The summed E-state index contributed by atoms with van der Waals surface area (Å²) < 4.78 is 10.7. The topological polar surface area (TPSA) is 68.3 Å². The number of halogens is 1. The molecule has 0 aromatic heterocycles. The summed E-state index contributed by atoms with van der Waals surface area (Å²) in [4.78, 5) is 0. The van der Waals surface area contributed by atoms with Crippen LogP contribution >= 0.6 is 11.6 Å². The number of nitrogen functional groups attached to an aromatic ring is 1. The molecule has 0 aliphatic heterocycles. The van der Waals surface area contributed by atoms with Crippen molar-refractivity contribution < 1.29 is 9.47 Å². The smallest absolute Gasteiger partial charge is 0.151 e. The molecular weight excluding hydrogens is 264 g/mol. The van der Waals surface area contributed by atoms with Crippen LogP contribution in [0.4, 0.5) is 5.69 Å². The molecule has 2 aromatic rings. The van der Waals surface area contributed by atoms with Crippen molar-refractivity contribution in [3.8, 4) is 23.3 Å². The zero-order valence-corrected chi connectivity index (χ0v) is 10.9. The molecule has 4 nitrogen and oxygen atoms in total. The van der Waals surface area contributed by atoms with E-state index in [0.29, 0.717) is 33.5 Å². The minimum absolute atomic E-state index is 0.371. The van der Waals surface area contributed by atoms with Crippen LogP contribution < -0.4 is 15.2 Å². The molecule has 2 N–H and O–H groups in total. The lowest BCUT2D eigenvalue weighted by Crippen LogP contribution is -1.94. The van der Waals surface area contributed by atoms with Crippen LogP contribution in [0.15, 0.2) is 36.4 Å². The van der Waals surface area contributed by atoms with Gasteiger partial charge in [0.05, 0.1) is 18.4 Å². The molecule has 0 atom stereocenters. The van der Waals surface area contributed by atoms with Crippen LogP contribution in [0.3, 0.4) is 0 Å². The lowest BCUT2D eigenvalue weighted by Gasteiger charge is -2.11. The van der Waals surface area contributed by atoms with Gasteiger partial charge >= 0.3 is 0 Å². The molecule has 0 unspecified atom stereocenters. The molecule has 0 radical (unpaired) electrons. The molecule has 0 spiro atoms. The summed E-state index contributed by atoms with van der Waals surface area (Å²) in [5.74, 6) is 1.36. The Bertz CT molecular complexity index is 650.